The normalized spacial score (nSPS) is 13.8. The Morgan fingerprint density at radius 1 is 1.37 bits per heavy atom. The van der Waals surface area contributed by atoms with Crippen LogP contribution in [0.4, 0.5) is 0 Å². The van der Waals surface area contributed by atoms with Crippen molar-refractivity contribution in [1.82, 2.24) is 9.78 Å². The molecular weight excluding hydrogens is 264 g/mol. The first-order valence-corrected chi connectivity index (χ1v) is 7.22. The van der Waals surface area contributed by atoms with Crippen LogP contribution in [0.15, 0.2) is 0 Å². The summed E-state index contributed by atoms with van der Waals surface area (Å²) in [6, 6.07) is 0. The molecule has 1 unspecified atom stereocenters. The van der Waals surface area contributed by atoms with E-state index in [1.54, 1.807) is 0 Å². The molecule has 1 rings (SSSR count). The third-order valence-electron chi connectivity index (χ3n) is 2.83. The number of halogens is 1. The maximum absolute atomic E-state index is 10.1. The summed E-state index contributed by atoms with van der Waals surface area (Å²) in [5.74, 6) is 0. The molecule has 1 N–H and O–H groups in total. The van der Waals surface area contributed by atoms with Gasteiger partial charge < -0.3 is 9.84 Å². The van der Waals surface area contributed by atoms with Gasteiger partial charge in [0.2, 0.25) is 0 Å². The van der Waals surface area contributed by atoms with Crippen LogP contribution >= 0.6 is 11.6 Å². The molecule has 1 aromatic heterocycles. The molecule has 0 spiro atoms. The highest BCUT2D eigenvalue weighted by Crippen LogP contribution is 2.23. The molecular formula is C14H25ClN2O2. The predicted molar refractivity (Wildman–Crippen MR) is 77.7 cm³/mol. The van der Waals surface area contributed by atoms with Gasteiger partial charge in [0.25, 0.3) is 0 Å². The largest absolute Gasteiger partial charge is 0.390 e. The number of nitrogens with zero attached hydrogens (tertiary/aromatic N) is 2. The fourth-order valence-corrected chi connectivity index (χ4v) is 2.19. The third kappa shape index (κ3) is 4.79. The number of aliphatic hydroxyl groups is 1. The van der Waals surface area contributed by atoms with Crippen LogP contribution < -0.4 is 0 Å². The summed E-state index contributed by atoms with van der Waals surface area (Å²) in [4.78, 5) is 0. The first kappa shape index (κ1) is 16.5. The maximum Gasteiger partial charge on any atom is 0.0850 e. The Balaban J connectivity index is 2.73. The average Bonchev–Trinajstić information content (AvgIpc) is 2.63. The second-order valence-electron chi connectivity index (χ2n) is 5.66. The number of ether oxygens (including phenoxy) is 1. The minimum Gasteiger partial charge on any atom is -0.390 e. The molecule has 1 atom stereocenters. The number of aryl methyl sites for hydroxylation is 2. The second kappa shape index (κ2) is 6.73. The van der Waals surface area contributed by atoms with Gasteiger partial charge in [0.1, 0.15) is 0 Å². The van der Waals surface area contributed by atoms with Crippen LogP contribution in [0.2, 0.25) is 5.02 Å². The highest BCUT2D eigenvalue weighted by molar-refractivity contribution is 6.31. The van der Waals surface area contributed by atoms with Crippen molar-refractivity contribution in [3.8, 4) is 0 Å². The molecule has 0 amide bonds. The number of aliphatic hydroxyl groups excluding tert-OH is 1. The Morgan fingerprint density at radius 3 is 2.47 bits per heavy atom. The van der Waals surface area contributed by atoms with Gasteiger partial charge in [-0.15, -0.1) is 0 Å². The molecule has 0 saturated carbocycles. The molecule has 0 fully saturated rings. The average molecular weight is 289 g/mol. The highest BCUT2D eigenvalue weighted by atomic mass is 35.5. The molecule has 1 aromatic rings. The van der Waals surface area contributed by atoms with Crippen LogP contribution in [0.1, 0.15) is 46.0 Å². The van der Waals surface area contributed by atoms with Crippen molar-refractivity contribution in [3.05, 3.63) is 16.4 Å². The van der Waals surface area contributed by atoms with E-state index < -0.39 is 6.10 Å². The molecule has 0 saturated heterocycles. The van der Waals surface area contributed by atoms with E-state index in [-0.39, 0.29) is 5.60 Å². The molecule has 0 aromatic carbocycles. The van der Waals surface area contributed by atoms with Crippen molar-refractivity contribution >= 4 is 11.6 Å². The fraction of sp³-hybridized carbons (Fsp3) is 0.786. The molecule has 0 aliphatic rings. The standard InChI is InChI=1S/C14H25ClN2O2/c1-6-11-13(15)12(17(7-2)16-11)8-10(18)9-19-14(3,4)5/h10,18H,6-9H2,1-5H3. The summed E-state index contributed by atoms with van der Waals surface area (Å²) in [5.41, 5.74) is 1.54. The minimum absolute atomic E-state index is 0.246. The Labute approximate surface area is 120 Å². The van der Waals surface area contributed by atoms with Gasteiger partial charge in [0.05, 0.1) is 34.7 Å². The van der Waals surface area contributed by atoms with Gasteiger partial charge in [-0.05, 0) is 34.1 Å². The summed E-state index contributed by atoms with van der Waals surface area (Å²) in [6.07, 6.45) is 0.701. The van der Waals surface area contributed by atoms with Crippen LogP contribution in [0.5, 0.6) is 0 Å². The van der Waals surface area contributed by atoms with Crippen LogP contribution in [-0.2, 0) is 24.1 Å². The molecule has 0 radical (unpaired) electrons. The van der Waals surface area contributed by atoms with E-state index in [2.05, 4.69) is 5.10 Å². The van der Waals surface area contributed by atoms with Crippen molar-refractivity contribution in [1.29, 1.82) is 0 Å². The summed E-state index contributed by atoms with van der Waals surface area (Å²) in [5, 5.41) is 15.2. The van der Waals surface area contributed by atoms with E-state index in [1.807, 2.05) is 39.3 Å². The van der Waals surface area contributed by atoms with E-state index in [4.69, 9.17) is 16.3 Å². The SMILES string of the molecule is CCc1nn(CC)c(CC(O)COC(C)(C)C)c1Cl. The Morgan fingerprint density at radius 2 is 2.00 bits per heavy atom. The lowest BCUT2D eigenvalue weighted by Crippen LogP contribution is -2.28. The van der Waals surface area contributed by atoms with E-state index in [9.17, 15) is 5.11 Å². The third-order valence-corrected chi connectivity index (χ3v) is 3.27. The first-order valence-electron chi connectivity index (χ1n) is 6.84. The molecule has 0 aliphatic heterocycles. The van der Waals surface area contributed by atoms with E-state index in [1.165, 1.54) is 0 Å². The van der Waals surface area contributed by atoms with Gasteiger partial charge in [-0.1, -0.05) is 18.5 Å². The molecule has 0 aliphatic carbocycles. The van der Waals surface area contributed by atoms with Crippen LogP contribution in [0.25, 0.3) is 0 Å². The van der Waals surface area contributed by atoms with Gasteiger partial charge in [-0.2, -0.15) is 5.10 Å². The van der Waals surface area contributed by atoms with Crippen LogP contribution in [0, 0.1) is 0 Å². The lowest BCUT2D eigenvalue weighted by Gasteiger charge is -2.22. The summed E-state index contributed by atoms with van der Waals surface area (Å²) in [6.45, 7) is 11.0. The number of rotatable bonds is 6. The second-order valence-corrected chi connectivity index (χ2v) is 6.04. The number of hydrogen-bond acceptors (Lipinski definition) is 3. The molecule has 0 bridgehead atoms. The monoisotopic (exact) mass is 288 g/mol. The predicted octanol–water partition coefficient (Wildman–Crippen LogP) is 2.84. The van der Waals surface area contributed by atoms with Crippen LogP contribution in [0.3, 0.4) is 0 Å². The van der Waals surface area contributed by atoms with E-state index in [0.29, 0.717) is 18.1 Å². The summed E-state index contributed by atoms with van der Waals surface area (Å²) >= 11 is 6.31. The minimum atomic E-state index is -0.566. The Kier molecular flexibility index (Phi) is 5.83. The first-order chi connectivity index (χ1) is 8.78. The van der Waals surface area contributed by atoms with Gasteiger partial charge in [0, 0.05) is 13.0 Å². The van der Waals surface area contributed by atoms with Crippen molar-refractivity contribution in [3.63, 3.8) is 0 Å². The lowest BCUT2D eigenvalue weighted by molar-refractivity contribution is -0.0486. The molecule has 5 heteroatoms. The van der Waals surface area contributed by atoms with Crippen LogP contribution in [-0.4, -0.2) is 33.2 Å². The number of hydrogen-bond donors (Lipinski definition) is 1. The van der Waals surface area contributed by atoms with Crippen molar-refractivity contribution in [2.24, 2.45) is 0 Å². The van der Waals surface area contributed by atoms with Crippen molar-refractivity contribution in [2.45, 2.75) is 65.7 Å². The zero-order valence-electron chi connectivity index (χ0n) is 12.5. The molecule has 4 nitrogen and oxygen atoms in total. The molecule has 19 heavy (non-hydrogen) atoms. The van der Waals surface area contributed by atoms with Gasteiger partial charge >= 0.3 is 0 Å². The highest BCUT2D eigenvalue weighted by Gasteiger charge is 2.19. The summed E-state index contributed by atoms with van der Waals surface area (Å²) < 4.78 is 7.45. The van der Waals surface area contributed by atoms with Gasteiger partial charge in [-0.3, -0.25) is 4.68 Å². The smallest absolute Gasteiger partial charge is 0.0850 e. The molecule has 1 heterocycles. The number of aromatic nitrogens is 2. The lowest BCUT2D eigenvalue weighted by atomic mass is 10.1. The fourth-order valence-electron chi connectivity index (χ4n) is 1.84. The quantitative estimate of drug-likeness (QED) is 0.875. The van der Waals surface area contributed by atoms with E-state index >= 15 is 0 Å². The summed E-state index contributed by atoms with van der Waals surface area (Å²) in [7, 11) is 0. The zero-order chi connectivity index (χ0) is 14.6. The van der Waals surface area contributed by atoms with E-state index in [0.717, 1.165) is 24.4 Å². The maximum atomic E-state index is 10.1. The topological polar surface area (TPSA) is 47.3 Å². The van der Waals surface area contributed by atoms with Gasteiger partial charge in [-0.25, -0.2) is 0 Å². The molecule has 110 valence electrons. The van der Waals surface area contributed by atoms with Crippen molar-refractivity contribution in [2.75, 3.05) is 6.61 Å². The van der Waals surface area contributed by atoms with Gasteiger partial charge in [0.15, 0.2) is 0 Å². The Bertz CT molecular complexity index is 410. The Hall–Kier alpha value is -0.580. The van der Waals surface area contributed by atoms with Crippen molar-refractivity contribution < 1.29 is 9.84 Å². The zero-order valence-corrected chi connectivity index (χ0v) is 13.3.